The van der Waals surface area contributed by atoms with E-state index < -0.39 is 0 Å². The predicted molar refractivity (Wildman–Crippen MR) is 253 cm³/mol. The van der Waals surface area contributed by atoms with Crippen molar-refractivity contribution in [2.75, 3.05) is 4.90 Å². The van der Waals surface area contributed by atoms with Gasteiger partial charge in [0.1, 0.15) is 11.2 Å². The third kappa shape index (κ3) is 6.51. The summed E-state index contributed by atoms with van der Waals surface area (Å²) in [4.78, 5) is 2.39. The number of para-hydroxylation sites is 2. The second-order valence-corrected chi connectivity index (χ2v) is 15.3. The summed E-state index contributed by atoms with van der Waals surface area (Å²) in [6.07, 6.45) is 0. The molecular formula is C58H39NO. The molecule has 2 heteroatoms. The molecule has 1 aromatic heterocycles. The summed E-state index contributed by atoms with van der Waals surface area (Å²) in [6, 6.07) is 84.9. The fourth-order valence-corrected chi connectivity index (χ4v) is 8.66. The van der Waals surface area contributed by atoms with Crippen molar-refractivity contribution in [2.24, 2.45) is 0 Å². The van der Waals surface area contributed by atoms with Crippen LogP contribution in [0, 0.1) is 0 Å². The average molecular weight is 766 g/mol. The van der Waals surface area contributed by atoms with Gasteiger partial charge >= 0.3 is 0 Å². The molecular weight excluding hydrogens is 727 g/mol. The Morgan fingerprint density at radius 2 is 0.783 bits per heavy atom. The van der Waals surface area contributed by atoms with Gasteiger partial charge in [-0.1, -0.05) is 188 Å². The lowest BCUT2D eigenvalue weighted by Crippen LogP contribution is -2.11. The number of hydrogen-bond donors (Lipinski definition) is 0. The molecule has 0 aliphatic rings. The first-order valence-electron chi connectivity index (χ1n) is 20.5. The second-order valence-electron chi connectivity index (χ2n) is 15.3. The maximum atomic E-state index is 6.38. The quantitative estimate of drug-likeness (QED) is 0.153. The molecule has 0 fully saturated rings. The van der Waals surface area contributed by atoms with Crippen molar-refractivity contribution in [3.8, 4) is 55.6 Å². The summed E-state index contributed by atoms with van der Waals surface area (Å²) in [5.74, 6) is 0. The van der Waals surface area contributed by atoms with Gasteiger partial charge < -0.3 is 9.32 Å². The Bertz CT molecular complexity index is 3290. The Labute approximate surface area is 349 Å². The smallest absolute Gasteiger partial charge is 0.136 e. The van der Waals surface area contributed by atoms with E-state index in [4.69, 9.17) is 4.42 Å². The largest absolute Gasteiger partial charge is 0.456 e. The van der Waals surface area contributed by atoms with Gasteiger partial charge in [-0.2, -0.15) is 0 Å². The van der Waals surface area contributed by atoms with Crippen molar-refractivity contribution in [1.82, 2.24) is 0 Å². The Balaban J connectivity index is 1.01. The Morgan fingerprint density at radius 3 is 1.53 bits per heavy atom. The fraction of sp³-hybridized carbons (Fsp3) is 0. The fourth-order valence-electron chi connectivity index (χ4n) is 8.66. The van der Waals surface area contributed by atoms with E-state index in [1.165, 1.54) is 49.7 Å². The van der Waals surface area contributed by atoms with Crippen molar-refractivity contribution in [2.45, 2.75) is 0 Å². The van der Waals surface area contributed by atoms with Crippen LogP contribution in [0.4, 0.5) is 17.1 Å². The van der Waals surface area contributed by atoms with E-state index in [9.17, 15) is 0 Å². The van der Waals surface area contributed by atoms with Gasteiger partial charge in [-0.15, -0.1) is 0 Å². The zero-order chi connectivity index (χ0) is 39.8. The lowest BCUT2D eigenvalue weighted by atomic mass is 9.96. The van der Waals surface area contributed by atoms with E-state index in [0.29, 0.717) is 0 Å². The highest BCUT2D eigenvalue weighted by molar-refractivity contribution is 6.14. The van der Waals surface area contributed by atoms with Crippen LogP contribution in [0.3, 0.4) is 0 Å². The molecule has 0 aliphatic carbocycles. The lowest BCUT2D eigenvalue weighted by Gasteiger charge is -2.28. The maximum Gasteiger partial charge on any atom is 0.136 e. The number of rotatable bonds is 8. The molecule has 0 radical (unpaired) electrons. The van der Waals surface area contributed by atoms with Gasteiger partial charge in [0, 0.05) is 27.7 Å². The summed E-state index contributed by atoms with van der Waals surface area (Å²) in [5, 5.41) is 4.73. The van der Waals surface area contributed by atoms with Crippen LogP contribution < -0.4 is 4.90 Å². The van der Waals surface area contributed by atoms with Crippen molar-refractivity contribution >= 4 is 49.8 Å². The van der Waals surface area contributed by atoms with E-state index in [1.54, 1.807) is 0 Å². The Morgan fingerprint density at radius 1 is 0.283 bits per heavy atom. The van der Waals surface area contributed by atoms with Gasteiger partial charge in [-0.3, -0.25) is 0 Å². The van der Waals surface area contributed by atoms with Crippen molar-refractivity contribution in [3.63, 3.8) is 0 Å². The van der Waals surface area contributed by atoms with Crippen molar-refractivity contribution < 1.29 is 4.42 Å². The first-order valence-corrected chi connectivity index (χ1v) is 20.5. The Hall–Kier alpha value is -7.94. The van der Waals surface area contributed by atoms with Gasteiger partial charge in [0.05, 0.1) is 5.69 Å². The zero-order valence-corrected chi connectivity index (χ0v) is 32.9. The predicted octanol–water partition coefficient (Wildman–Crippen LogP) is 16.5. The minimum Gasteiger partial charge on any atom is -0.456 e. The first-order chi connectivity index (χ1) is 29.7. The summed E-state index contributed by atoms with van der Waals surface area (Å²) >= 11 is 0. The molecule has 10 aromatic carbocycles. The number of nitrogens with zero attached hydrogens (tertiary/aromatic N) is 1. The normalized spacial score (nSPS) is 11.3. The van der Waals surface area contributed by atoms with Crippen LogP contribution in [0.15, 0.2) is 241 Å². The van der Waals surface area contributed by atoms with Crippen LogP contribution in [0.25, 0.3) is 88.3 Å². The standard InChI is InChI=1S/C58H39NO/c1-2-12-40(13-3-1)42-24-26-43(27-25-42)44-34-36-50(37-35-44)59(55-21-8-6-18-52(55)53-20-11-23-57-58(53)54-19-7-9-22-56(54)60-57)51-17-10-16-48(39-51)45-28-30-46(31-29-45)49-33-32-41-14-4-5-15-47(41)38-49/h1-39H. The minimum absolute atomic E-state index is 0.881. The van der Waals surface area contributed by atoms with Crippen LogP contribution in [-0.4, -0.2) is 0 Å². The topological polar surface area (TPSA) is 16.4 Å². The average Bonchev–Trinajstić information content (AvgIpc) is 3.72. The summed E-state index contributed by atoms with van der Waals surface area (Å²) in [6.45, 7) is 0. The highest BCUT2D eigenvalue weighted by atomic mass is 16.3. The molecule has 0 unspecified atom stereocenters. The summed E-state index contributed by atoms with van der Waals surface area (Å²) < 4.78 is 6.38. The molecule has 282 valence electrons. The molecule has 11 rings (SSSR count). The van der Waals surface area contributed by atoms with Gasteiger partial charge in [-0.25, -0.2) is 0 Å². The number of anilines is 3. The molecule has 1 heterocycles. The highest BCUT2D eigenvalue weighted by Crippen LogP contribution is 2.45. The number of benzene rings is 10. The van der Waals surface area contributed by atoms with Crippen LogP contribution in [0.2, 0.25) is 0 Å². The van der Waals surface area contributed by atoms with Crippen molar-refractivity contribution in [1.29, 1.82) is 0 Å². The molecule has 0 aliphatic heterocycles. The molecule has 0 atom stereocenters. The minimum atomic E-state index is 0.881. The molecule has 0 N–H and O–H groups in total. The third-order valence-electron chi connectivity index (χ3n) is 11.7. The van der Waals surface area contributed by atoms with Gasteiger partial charge in [0.25, 0.3) is 0 Å². The molecule has 11 aromatic rings. The van der Waals surface area contributed by atoms with E-state index in [-0.39, 0.29) is 0 Å². The van der Waals surface area contributed by atoms with Gasteiger partial charge in [0.2, 0.25) is 0 Å². The van der Waals surface area contributed by atoms with Gasteiger partial charge in [0.15, 0.2) is 0 Å². The van der Waals surface area contributed by atoms with E-state index in [2.05, 4.69) is 229 Å². The van der Waals surface area contributed by atoms with Crippen LogP contribution in [0.1, 0.15) is 0 Å². The summed E-state index contributed by atoms with van der Waals surface area (Å²) in [5.41, 5.74) is 16.8. The number of furan rings is 1. The highest BCUT2D eigenvalue weighted by Gasteiger charge is 2.21. The number of fused-ring (bicyclic) bond motifs is 4. The molecule has 0 saturated carbocycles. The number of hydrogen-bond acceptors (Lipinski definition) is 2. The summed E-state index contributed by atoms with van der Waals surface area (Å²) in [7, 11) is 0. The van der Waals surface area contributed by atoms with E-state index in [1.807, 2.05) is 12.1 Å². The van der Waals surface area contributed by atoms with E-state index in [0.717, 1.165) is 55.7 Å². The zero-order valence-electron chi connectivity index (χ0n) is 32.9. The van der Waals surface area contributed by atoms with Crippen LogP contribution in [0.5, 0.6) is 0 Å². The molecule has 2 nitrogen and oxygen atoms in total. The SMILES string of the molecule is c1ccc(-c2ccc(-c3ccc(N(c4cccc(-c5ccc(-c6ccc7ccccc7c6)cc5)c4)c4ccccc4-c4cccc5oc6ccccc6c45)cc3)cc2)cc1. The monoisotopic (exact) mass is 765 g/mol. The second kappa shape index (κ2) is 15.1. The van der Waals surface area contributed by atoms with Gasteiger partial charge in [-0.05, 0) is 109 Å². The molecule has 0 amide bonds. The van der Waals surface area contributed by atoms with Crippen LogP contribution >= 0.6 is 0 Å². The third-order valence-corrected chi connectivity index (χ3v) is 11.7. The lowest BCUT2D eigenvalue weighted by molar-refractivity contribution is 0.669. The first kappa shape index (κ1) is 35.2. The van der Waals surface area contributed by atoms with Crippen molar-refractivity contribution in [3.05, 3.63) is 237 Å². The molecule has 60 heavy (non-hydrogen) atoms. The van der Waals surface area contributed by atoms with Crippen LogP contribution in [-0.2, 0) is 0 Å². The molecule has 0 spiro atoms. The molecule has 0 saturated heterocycles. The Kier molecular flexibility index (Phi) is 8.87. The molecule has 0 bridgehead atoms. The maximum absolute atomic E-state index is 6.38. The van der Waals surface area contributed by atoms with E-state index >= 15 is 0 Å².